The first kappa shape index (κ1) is 10.2. The van der Waals surface area contributed by atoms with Gasteiger partial charge in [-0.3, -0.25) is 4.79 Å². The zero-order valence-corrected chi connectivity index (χ0v) is 8.82. The normalized spacial score (nSPS) is 20.5. The molecule has 0 aliphatic carbocycles. The molecule has 3 nitrogen and oxygen atoms in total. The van der Waals surface area contributed by atoms with Crippen molar-refractivity contribution in [1.29, 1.82) is 0 Å². The third-order valence-electron chi connectivity index (χ3n) is 2.94. The van der Waals surface area contributed by atoms with E-state index >= 15 is 0 Å². The fourth-order valence-electron chi connectivity index (χ4n) is 1.88. The smallest absolute Gasteiger partial charge is 0.168 e. The van der Waals surface area contributed by atoms with Crippen LogP contribution < -0.4 is 5.73 Å². The van der Waals surface area contributed by atoms with E-state index in [2.05, 4.69) is 0 Å². The van der Waals surface area contributed by atoms with E-state index in [1.807, 2.05) is 25.1 Å². The van der Waals surface area contributed by atoms with E-state index in [1.165, 1.54) is 0 Å². The lowest BCUT2D eigenvalue weighted by atomic mass is 9.93. The van der Waals surface area contributed by atoms with Crippen molar-refractivity contribution in [3.8, 4) is 0 Å². The molecule has 15 heavy (non-hydrogen) atoms. The zero-order valence-electron chi connectivity index (χ0n) is 8.82. The van der Waals surface area contributed by atoms with Crippen molar-refractivity contribution >= 4 is 11.5 Å². The Morgan fingerprint density at radius 1 is 1.53 bits per heavy atom. The maximum absolute atomic E-state index is 12.1. The molecule has 1 unspecified atom stereocenters. The monoisotopic (exact) mass is 205 g/mol. The maximum Gasteiger partial charge on any atom is 0.168 e. The van der Waals surface area contributed by atoms with Gasteiger partial charge in [0.25, 0.3) is 0 Å². The Hall–Kier alpha value is -1.35. The van der Waals surface area contributed by atoms with E-state index < -0.39 is 0 Å². The molecule has 0 aromatic heterocycles. The van der Waals surface area contributed by atoms with Crippen LogP contribution in [0.4, 0.5) is 5.69 Å². The molecule has 0 amide bonds. The summed E-state index contributed by atoms with van der Waals surface area (Å²) in [6.07, 6.45) is 0.826. The average Bonchev–Trinajstić information content (AvgIpc) is 2.74. The zero-order chi connectivity index (χ0) is 10.8. The molecular weight excluding hydrogens is 190 g/mol. The minimum absolute atomic E-state index is 0.0190. The molecule has 1 atom stereocenters. The Balaban J connectivity index is 2.28. The molecule has 1 aliphatic heterocycles. The number of rotatable bonds is 2. The first-order valence-electron chi connectivity index (χ1n) is 5.17. The summed E-state index contributed by atoms with van der Waals surface area (Å²) in [6.45, 7) is 3.13. The Bertz CT molecular complexity index is 381. The first-order valence-corrected chi connectivity index (χ1v) is 5.17. The van der Waals surface area contributed by atoms with Gasteiger partial charge >= 0.3 is 0 Å². The van der Waals surface area contributed by atoms with Crippen molar-refractivity contribution in [3.63, 3.8) is 0 Å². The van der Waals surface area contributed by atoms with Gasteiger partial charge in [-0.2, -0.15) is 0 Å². The number of ketones is 1. The van der Waals surface area contributed by atoms with Gasteiger partial charge < -0.3 is 10.5 Å². The second-order valence-corrected chi connectivity index (χ2v) is 3.94. The molecule has 0 spiro atoms. The number of nitrogen functional groups attached to an aromatic ring is 1. The van der Waals surface area contributed by atoms with Crippen LogP contribution >= 0.6 is 0 Å². The third-order valence-corrected chi connectivity index (χ3v) is 2.94. The lowest BCUT2D eigenvalue weighted by Gasteiger charge is -2.10. The number of carbonyl (C=O) groups excluding carboxylic acids is 1. The number of carbonyl (C=O) groups is 1. The number of benzene rings is 1. The molecule has 1 heterocycles. The quantitative estimate of drug-likeness (QED) is 0.591. The standard InChI is InChI=1S/C12H15NO2/c1-8-10(3-2-4-11(8)13)12(14)9-5-6-15-7-9/h2-4,9H,5-7,13H2,1H3. The molecule has 80 valence electrons. The Labute approximate surface area is 89.2 Å². The van der Waals surface area contributed by atoms with Crippen LogP contribution in [0.15, 0.2) is 18.2 Å². The molecule has 3 heteroatoms. The minimum Gasteiger partial charge on any atom is -0.398 e. The fraction of sp³-hybridized carbons (Fsp3) is 0.417. The number of hydrogen-bond donors (Lipinski definition) is 1. The number of Topliss-reactive ketones (excluding diaryl/α,β-unsaturated/α-hetero) is 1. The van der Waals surface area contributed by atoms with Crippen molar-refractivity contribution < 1.29 is 9.53 Å². The van der Waals surface area contributed by atoms with Crippen molar-refractivity contribution in [1.82, 2.24) is 0 Å². The average molecular weight is 205 g/mol. The van der Waals surface area contributed by atoms with E-state index in [0.717, 1.165) is 17.5 Å². The van der Waals surface area contributed by atoms with Crippen LogP contribution in [0.2, 0.25) is 0 Å². The first-order chi connectivity index (χ1) is 7.20. The molecule has 1 aromatic carbocycles. The molecule has 0 bridgehead atoms. The van der Waals surface area contributed by atoms with Gasteiger partial charge in [0.05, 0.1) is 6.61 Å². The van der Waals surface area contributed by atoms with Gasteiger partial charge in [0, 0.05) is 23.8 Å². The molecule has 1 fully saturated rings. The highest BCUT2D eigenvalue weighted by Gasteiger charge is 2.25. The number of anilines is 1. The molecule has 0 saturated carbocycles. The van der Waals surface area contributed by atoms with E-state index in [9.17, 15) is 4.79 Å². The summed E-state index contributed by atoms with van der Waals surface area (Å²) >= 11 is 0. The predicted octanol–water partition coefficient (Wildman–Crippen LogP) is 1.80. The molecule has 2 rings (SSSR count). The lowest BCUT2D eigenvalue weighted by Crippen LogP contribution is -2.16. The Kier molecular flexibility index (Phi) is 2.73. The number of ether oxygens (including phenoxy) is 1. The molecule has 1 aromatic rings. The van der Waals surface area contributed by atoms with Gasteiger partial charge in [0.15, 0.2) is 5.78 Å². The summed E-state index contributed by atoms with van der Waals surface area (Å²) in [4.78, 5) is 12.1. The molecule has 1 aliphatic rings. The topological polar surface area (TPSA) is 52.3 Å². The van der Waals surface area contributed by atoms with Crippen molar-refractivity contribution in [3.05, 3.63) is 29.3 Å². The van der Waals surface area contributed by atoms with Gasteiger partial charge in [-0.15, -0.1) is 0 Å². The van der Waals surface area contributed by atoms with E-state index in [1.54, 1.807) is 0 Å². The van der Waals surface area contributed by atoms with Crippen LogP contribution in [0.1, 0.15) is 22.3 Å². The van der Waals surface area contributed by atoms with Crippen molar-refractivity contribution in [2.45, 2.75) is 13.3 Å². The summed E-state index contributed by atoms with van der Waals surface area (Å²) in [6, 6.07) is 5.48. The lowest BCUT2D eigenvalue weighted by molar-refractivity contribution is 0.0899. The Morgan fingerprint density at radius 2 is 2.33 bits per heavy atom. The molecule has 1 saturated heterocycles. The van der Waals surface area contributed by atoms with Crippen LogP contribution in [0.25, 0.3) is 0 Å². The van der Waals surface area contributed by atoms with Gasteiger partial charge in [-0.05, 0) is 25.0 Å². The third kappa shape index (κ3) is 1.88. The summed E-state index contributed by atoms with van der Waals surface area (Å²) in [5.41, 5.74) is 8.08. The van der Waals surface area contributed by atoms with Gasteiger partial charge in [-0.1, -0.05) is 12.1 Å². The summed E-state index contributed by atoms with van der Waals surface area (Å²) in [5.74, 6) is 0.183. The van der Waals surface area contributed by atoms with Crippen LogP contribution in [0.5, 0.6) is 0 Å². The van der Waals surface area contributed by atoms with Gasteiger partial charge in [0.2, 0.25) is 0 Å². The van der Waals surface area contributed by atoms with E-state index in [0.29, 0.717) is 18.9 Å². The predicted molar refractivity (Wildman–Crippen MR) is 58.8 cm³/mol. The van der Waals surface area contributed by atoms with Crippen LogP contribution in [0, 0.1) is 12.8 Å². The Morgan fingerprint density at radius 3 is 3.00 bits per heavy atom. The highest BCUT2D eigenvalue weighted by molar-refractivity contribution is 6.00. The molecule has 2 N–H and O–H groups in total. The van der Waals surface area contributed by atoms with Crippen LogP contribution in [-0.4, -0.2) is 19.0 Å². The second-order valence-electron chi connectivity index (χ2n) is 3.94. The summed E-state index contributed by atoms with van der Waals surface area (Å²) in [7, 11) is 0. The molecular formula is C12H15NO2. The highest BCUT2D eigenvalue weighted by atomic mass is 16.5. The van der Waals surface area contributed by atoms with Crippen molar-refractivity contribution in [2.24, 2.45) is 5.92 Å². The largest absolute Gasteiger partial charge is 0.398 e. The fourth-order valence-corrected chi connectivity index (χ4v) is 1.88. The van der Waals surface area contributed by atoms with Crippen molar-refractivity contribution in [2.75, 3.05) is 18.9 Å². The number of nitrogens with two attached hydrogens (primary N) is 1. The van der Waals surface area contributed by atoms with Crippen LogP contribution in [0.3, 0.4) is 0 Å². The van der Waals surface area contributed by atoms with E-state index in [4.69, 9.17) is 10.5 Å². The number of hydrogen-bond acceptors (Lipinski definition) is 3. The summed E-state index contributed by atoms with van der Waals surface area (Å²) < 4.78 is 5.22. The maximum atomic E-state index is 12.1. The van der Waals surface area contributed by atoms with Gasteiger partial charge in [0.1, 0.15) is 0 Å². The molecule has 0 radical (unpaired) electrons. The summed E-state index contributed by atoms with van der Waals surface area (Å²) in [5, 5.41) is 0. The SMILES string of the molecule is Cc1c(N)cccc1C(=O)C1CCOC1. The van der Waals surface area contributed by atoms with E-state index in [-0.39, 0.29) is 11.7 Å². The van der Waals surface area contributed by atoms with Gasteiger partial charge in [-0.25, -0.2) is 0 Å². The second kappa shape index (κ2) is 4.03. The highest BCUT2D eigenvalue weighted by Crippen LogP contribution is 2.23. The minimum atomic E-state index is 0.0190. The van der Waals surface area contributed by atoms with Crippen LogP contribution in [-0.2, 0) is 4.74 Å².